The Hall–Kier alpha value is -0.220. The molecule has 1 N–H and O–H groups in total. The van der Waals surface area contributed by atoms with Crippen LogP contribution in [0.15, 0.2) is 0 Å². The number of esters is 1. The maximum absolute atomic E-state index is 11.7. The summed E-state index contributed by atoms with van der Waals surface area (Å²) in [5.41, 5.74) is -0.869. The summed E-state index contributed by atoms with van der Waals surface area (Å²) in [5, 5.41) is 10.9. The summed E-state index contributed by atoms with van der Waals surface area (Å²) < 4.78 is 4.76. The molecule has 0 aliphatic rings. The maximum Gasteiger partial charge on any atom is 0.313 e. The Morgan fingerprint density at radius 3 is 2.00 bits per heavy atom. The van der Waals surface area contributed by atoms with E-state index < -0.39 is 11.5 Å². The minimum Gasteiger partial charge on any atom is -0.469 e. The van der Waals surface area contributed by atoms with Crippen LogP contribution in [0.1, 0.15) is 41.5 Å². The topological polar surface area (TPSA) is 46.5 Å². The summed E-state index contributed by atoms with van der Waals surface area (Å²) in [4.78, 5) is 11.7. The van der Waals surface area contributed by atoms with Gasteiger partial charge in [0.2, 0.25) is 0 Å². The van der Waals surface area contributed by atoms with E-state index >= 15 is 0 Å². The fourth-order valence-corrected chi connectivity index (χ4v) is 3.14. The van der Waals surface area contributed by atoms with E-state index in [0.717, 1.165) is 0 Å². The van der Waals surface area contributed by atoms with Crippen LogP contribution >= 0.6 is 11.8 Å². The summed E-state index contributed by atoms with van der Waals surface area (Å²) in [6, 6.07) is 0. The number of carbonyl (C=O) groups is 1. The zero-order chi connectivity index (χ0) is 13.8. The minimum atomic E-state index is -0.869. The summed E-state index contributed by atoms with van der Waals surface area (Å²) in [6.07, 6.45) is -0.706. The molecule has 0 spiro atoms. The maximum atomic E-state index is 11.7. The van der Waals surface area contributed by atoms with Gasteiger partial charge >= 0.3 is 5.97 Å². The molecule has 0 fully saturated rings. The Bertz CT molecular complexity index is 249. The molecular formula is C13H26O3S. The van der Waals surface area contributed by atoms with Gasteiger partial charge in [-0.3, -0.25) is 4.79 Å². The molecule has 0 aliphatic heterocycles. The molecule has 0 aromatic rings. The highest BCUT2D eigenvalue weighted by Crippen LogP contribution is 2.35. The van der Waals surface area contributed by atoms with E-state index in [1.807, 2.05) is 0 Å². The largest absolute Gasteiger partial charge is 0.469 e. The van der Waals surface area contributed by atoms with Crippen molar-refractivity contribution in [2.24, 2.45) is 11.3 Å². The Labute approximate surface area is 109 Å². The third-order valence-corrected chi connectivity index (χ3v) is 4.51. The van der Waals surface area contributed by atoms with E-state index in [1.54, 1.807) is 25.6 Å². The molecule has 0 amide bonds. The molecular weight excluding hydrogens is 236 g/mol. The van der Waals surface area contributed by atoms with E-state index in [4.69, 9.17) is 4.74 Å². The van der Waals surface area contributed by atoms with Gasteiger partial charge < -0.3 is 9.84 Å². The van der Waals surface area contributed by atoms with Crippen LogP contribution in [0.4, 0.5) is 0 Å². The van der Waals surface area contributed by atoms with Gasteiger partial charge in [0.1, 0.15) is 0 Å². The first kappa shape index (κ1) is 16.8. The molecule has 0 aliphatic carbocycles. The van der Waals surface area contributed by atoms with Gasteiger partial charge in [-0.1, -0.05) is 27.7 Å². The average Bonchev–Trinajstić information content (AvgIpc) is 2.22. The Kier molecular flexibility index (Phi) is 6.56. The number of hydrogen-bond donors (Lipinski definition) is 1. The van der Waals surface area contributed by atoms with Crippen molar-refractivity contribution in [3.05, 3.63) is 0 Å². The second kappa shape index (κ2) is 6.64. The standard InChI is InChI=1S/C13H26O3S/c1-8(2)10(17-9(3)4)11(14)13(5,6)12(15)16-7/h8-11,14H,1-7H3/t10-,11+/m1/s1. The number of carbonyl (C=O) groups excluding carboxylic acids is 1. The van der Waals surface area contributed by atoms with Crippen LogP contribution in [-0.4, -0.2) is 34.8 Å². The van der Waals surface area contributed by atoms with Crippen LogP contribution in [0, 0.1) is 11.3 Å². The lowest BCUT2D eigenvalue weighted by Crippen LogP contribution is -2.46. The summed E-state index contributed by atoms with van der Waals surface area (Å²) in [7, 11) is 1.36. The molecule has 0 heterocycles. The molecule has 0 saturated carbocycles. The molecule has 0 rings (SSSR count). The average molecular weight is 262 g/mol. The Balaban J connectivity index is 4.94. The van der Waals surface area contributed by atoms with Crippen molar-refractivity contribution in [1.82, 2.24) is 0 Å². The van der Waals surface area contributed by atoms with E-state index in [0.29, 0.717) is 11.2 Å². The highest BCUT2D eigenvalue weighted by atomic mass is 32.2. The number of thioether (sulfide) groups is 1. The lowest BCUT2D eigenvalue weighted by molar-refractivity contribution is -0.157. The third kappa shape index (κ3) is 4.51. The normalized spacial score (nSPS) is 16.1. The van der Waals surface area contributed by atoms with Crippen molar-refractivity contribution >= 4 is 17.7 Å². The van der Waals surface area contributed by atoms with Crippen LogP contribution in [0.2, 0.25) is 0 Å². The van der Waals surface area contributed by atoms with Crippen molar-refractivity contribution in [2.45, 2.75) is 58.1 Å². The fraction of sp³-hybridized carbons (Fsp3) is 0.923. The predicted octanol–water partition coefficient (Wildman–Crippen LogP) is 2.71. The van der Waals surface area contributed by atoms with Crippen LogP contribution in [0.25, 0.3) is 0 Å². The molecule has 0 aromatic carbocycles. The molecule has 0 aromatic heterocycles. The second-order valence-electron chi connectivity index (χ2n) is 5.55. The first-order valence-electron chi connectivity index (χ1n) is 6.06. The van der Waals surface area contributed by atoms with Crippen LogP contribution in [0.3, 0.4) is 0 Å². The molecule has 0 bridgehead atoms. The number of aliphatic hydroxyl groups excluding tert-OH is 1. The Morgan fingerprint density at radius 1 is 1.24 bits per heavy atom. The first-order chi connectivity index (χ1) is 7.64. The highest BCUT2D eigenvalue weighted by Gasteiger charge is 2.42. The molecule has 0 radical (unpaired) electrons. The van der Waals surface area contributed by atoms with Crippen molar-refractivity contribution in [3.63, 3.8) is 0 Å². The molecule has 102 valence electrons. The van der Waals surface area contributed by atoms with E-state index in [2.05, 4.69) is 27.7 Å². The highest BCUT2D eigenvalue weighted by molar-refractivity contribution is 8.00. The van der Waals surface area contributed by atoms with Gasteiger partial charge in [-0.05, 0) is 25.0 Å². The zero-order valence-electron chi connectivity index (χ0n) is 12.0. The predicted molar refractivity (Wildman–Crippen MR) is 73.2 cm³/mol. The number of methoxy groups -OCH3 is 1. The lowest BCUT2D eigenvalue weighted by Gasteiger charge is -2.36. The monoisotopic (exact) mass is 262 g/mol. The molecule has 3 nitrogen and oxygen atoms in total. The lowest BCUT2D eigenvalue weighted by atomic mass is 9.82. The van der Waals surface area contributed by atoms with E-state index in [-0.39, 0.29) is 11.2 Å². The zero-order valence-corrected chi connectivity index (χ0v) is 12.8. The molecule has 17 heavy (non-hydrogen) atoms. The molecule has 0 unspecified atom stereocenters. The summed E-state index contributed by atoms with van der Waals surface area (Å²) in [5.74, 6) is -0.0543. The molecule has 0 saturated heterocycles. The van der Waals surface area contributed by atoms with Gasteiger partial charge in [-0.15, -0.1) is 0 Å². The molecule has 2 atom stereocenters. The van der Waals surface area contributed by atoms with E-state index in [9.17, 15) is 9.90 Å². The third-order valence-electron chi connectivity index (χ3n) is 2.85. The minimum absolute atomic E-state index is 0.0316. The van der Waals surface area contributed by atoms with Crippen LogP contribution in [-0.2, 0) is 9.53 Å². The van der Waals surface area contributed by atoms with Gasteiger partial charge in [0, 0.05) is 5.25 Å². The number of ether oxygens (including phenoxy) is 1. The van der Waals surface area contributed by atoms with Crippen molar-refractivity contribution in [1.29, 1.82) is 0 Å². The SMILES string of the molecule is COC(=O)C(C)(C)[C@@H](O)[C@H](SC(C)C)C(C)C. The van der Waals surface area contributed by atoms with Gasteiger partial charge in [-0.25, -0.2) is 0 Å². The second-order valence-corrected chi connectivity index (χ2v) is 7.31. The van der Waals surface area contributed by atoms with Crippen LogP contribution in [0.5, 0.6) is 0 Å². The van der Waals surface area contributed by atoms with Crippen molar-refractivity contribution < 1.29 is 14.6 Å². The number of hydrogen-bond acceptors (Lipinski definition) is 4. The quantitative estimate of drug-likeness (QED) is 0.748. The van der Waals surface area contributed by atoms with Crippen LogP contribution < -0.4 is 0 Å². The van der Waals surface area contributed by atoms with Gasteiger partial charge in [0.25, 0.3) is 0 Å². The number of aliphatic hydroxyl groups is 1. The summed E-state index contributed by atoms with van der Waals surface area (Å²) in [6.45, 7) is 11.8. The summed E-state index contributed by atoms with van der Waals surface area (Å²) >= 11 is 1.71. The van der Waals surface area contributed by atoms with Gasteiger partial charge in [0.05, 0.1) is 18.6 Å². The van der Waals surface area contributed by atoms with Crippen molar-refractivity contribution in [3.8, 4) is 0 Å². The number of rotatable bonds is 6. The van der Waals surface area contributed by atoms with Gasteiger partial charge in [0.15, 0.2) is 0 Å². The van der Waals surface area contributed by atoms with Crippen molar-refractivity contribution in [2.75, 3.05) is 7.11 Å². The van der Waals surface area contributed by atoms with E-state index in [1.165, 1.54) is 7.11 Å². The smallest absolute Gasteiger partial charge is 0.313 e. The van der Waals surface area contributed by atoms with Gasteiger partial charge in [-0.2, -0.15) is 11.8 Å². The fourth-order valence-electron chi connectivity index (χ4n) is 1.70. The first-order valence-corrected chi connectivity index (χ1v) is 7.00. The molecule has 4 heteroatoms. The Morgan fingerprint density at radius 2 is 1.71 bits per heavy atom.